The van der Waals surface area contributed by atoms with Crippen LogP contribution in [-0.4, -0.2) is 34.1 Å². The van der Waals surface area contributed by atoms with Gasteiger partial charge in [0.1, 0.15) is 0 Å². The lowest BCUT2D eigenvalue weighted by Gasteiger charge is -2.41. The van der Waals surface area contributed by atoms with Crippen molar-refractivity contribution in [3.63, 3.8) is 0 Å². The number of aromatic nitrogens is 2. The number of nitrogens with zero attached hydrogens (tertiary/aromatic N) is 3. The van der Waals surface area contributed by atoms with Crippen LogP contribution in [0.2, 0.25) is 0 Å². The van der Waals surface area contributed by atoms with E-state index >= 15 is 0 Å². The molecule has 2 unspecified atom stereocenters. The highest BCUT2D eigenvalue weighted by Gasteiger charge is 2.33. The predicted molar refractivity (Wildman–Crippen MR) is 79.0 cm³/mol. The summed E-state index contributed by atoms with van der Waals surface area (Å²) in [6, 6.07) is 0.907. The first-order valence-corrected chi connectivity index (χ1v) is 7.64. The van der Waals surface area contributed by atoms with Crippen LogP contribution in [0, 0.1) is 5.92 Å². The largest absolute Gasteiger partial charge is 0.331 e. The van der Waals surface area contributed by atoms with Crippen molar-refractivity contribution in [1.82, 2.24) is 14.5 Å². The van der Waals surface area contributed by atoms with Gasteiger partial charge in [0.15, 0.2) is 0 Å². The van der Waals surface area contributed by atoms with E-state index in [9.17, 15) is 0 Å². The quantitative estimate of drug-likeness (QED) is 0.889. The fraction of sp³-hybridized carbons (Fsp3) is 0.800. The van der Waals surface area contributed by atoms with Gasteiger partial charge in [0.25, 0.3) is 0 Å². The molecule has 19 heavy (non-hydrogen) atoms. The minimum atomic E-state index is 0.448. The molecule has 1 fully saturated rings. The van der Waals surface area contributed by atoms with E-state index in [2.05, 4.69) is 35.2 Å². The van der Waals surface area contributed by atoms with Crippen LogP contribution in [0.3, 0.4) is 0 Å². The van der Waals surface area contributed by atoms with E-state index < -0.39 is 0 Å². The monoisotopic (exact) mass is 264 g/mol. The molecular formula is C15H28N4. The van der Waals surface area contributed by atoms with Crippen molar-refractivity contribution in [2.24, 2.45) is 11.7 Å². The predicted octanol–water partition coefficient (Wildman–Crippen LogP) is 2.59. The number of rotatable bonds is 5. The molecule has 2 heterocycles. The third-order valence-corrected chi connectivity index (χ3v) is 4.23. The SMILES string of the molecule is CCCN1CCCC(CN)C1c1cncn1C(C)C. The number of piperidine rings is 1. The molecule has 4 heteroatoms. The van der Waals surface area contributed by atoms with Gasteiger partial charge in [-0.3, -0.25) is 4.90 Å². The summed E-state index contributed by atoms with van der Waals surface area (Å²) < 4.78 is 2.31. The van der Waals surface area contributed by atoms with Gasteiger partial charge in [0.05, 0.1) is 18.1 Å². The van der Waals surface area contributed by atoms with Crippen LogP contribution in [0.1, 0.15) is 57.8 Å². The summed E-state index contributed by atoms with van der Waals surface area (Å²) in [5.74, 6) is 0.564. The molecule has 0 amide bonds. The molecule has 2 atom stereocenters. The summed E-state index contributed by atoms with van der Waals surface area (Å²) in [7, 11) is 0. The highest BCUT2D eigenvalue weighted by molar-refractivity contribution is 5.10. The van der Waals surface area contributed by atoms with E-state index in [0.29, 0.717) is 18.0 Å². The highest BCUT2D eigenvalue weighted by Crippen LogP contribution is 2.36. The minimum Gasteiger partial charge on any atom is -0.331 e. The third kappa shape index (κ3) is 3.00. The fourth-order valence-electron chi connectivity index (χ4n) is 3.34. The molecule has 1 aliphatic rings. The van der Waals surface area contributed by atoms with E-state index in [1.807, 2.05) is 12.5 Å². The summed E-state index contributed by atoms with van der Waals surface area (Å²) in [6.45, 7) is 9.81. The Morgan fingerprint density at radius 3 is 2.89 bits per heavy atom. The van der Waals surface area contributed by atoms with Crippen LogP contribution in [-0.2, 0) is 0 Å². The topological polar surface area (TPSA) is 47.1 Å². The number of hydrogen-bond acceptors (Lipinski definition) is 3. The van der Waals surface area contributed by atoms with Crippen molar-refractivity contribution in [3.8, 4) is 0 Å². The van der Waals surface area contributed by atoms with Crippen LogP contribution in [0.15, 0.2) is 12.5 Å². The van der Waals surface area contributed by atoms with E-state index in [-0.39, 0.29) is 0 Å². The molecular weight excluding hydrogens is 236 g/mol. The Morgan fingerprint density at radius 1 is 1.47 bits per heavy atom. The molecule has 0 aliphatic carbocycles. The van der Waals surface area contributed by atoms with Gasteiger partial charge in [-0.2, -0.15) is 0 Å². The van der Waals surface area contributed by atoms with Gasteiger partial charge in [-0.25, -0.2) is 4.98 Å². The van der Waals surface area contributed by atoms with Gasteiger partial charge in [-0.15, -0.1) is 0 Å². The van der Waals surface area contributed by atoms with Gasteiger partial charge in [-0.05, 0) is 58.7 Å². The zero-order valence-corrected chi connectivity index (χ0v) is 12.5. The first kappa shape index (κ1) is 14.5. The van der Waals surface area contributed by atoms with E-state index in [4.69, 9.17) is 5.73 Å². The minimum absolute atomic E-state index is 0.448. The zero-order chi connectivity index (χ0) is 13.8. The summed E-state index contributed by atoms with van der Waals surface area (Å²) in [5, 5.41) is 0. The zero-order valence-electron chi connectivity index (χ0n) is 12.5. The lowest BCUT2D eigenvalue weighted by Crippen LogP contribution is -2.42. The maximum atomic E-state index is 6.03. The van der Waals surface area contributed by atoms with Crippen molar-refractivity contribution < 1.29 is 0 Å². The van der Waals surface area contributed by atoms with Gasteiger partial charge >= 0.3 is 0 Å². The fourth-order valence-corrected chi connectivity index (χ4v) is 3.34. The Labute approximate surface area is 117 Å². The molecule has 1 aromatic heterocycles. The first-order valence-electron chi connectivity index (χ1n) is 7.64. The molecule has 2 rings (SSSR count). The van der Waals surface area contributed by atoms with Gasteiger partial charge < -0.3 is 10.3 Å². The van der Waals surface area contributed by atoms with Gasteiger partial charge in [0, 0.05) is 12.2 Å². The average molecular weight is 264 g/mol. The number of imidazole rings is 1. The smallest absolute Gasteiger partial charge is 0.0951 e. The Bertz CT molecular complexity index is 383. The summed E-state index contributed by atoms with van der Waals surface area (Å²) in [5.41, 5.74) is 7.37. The number of hydrogen-bond donors (Lipinski definition) is 1. The Hall–Kier alpha value is -0.870. The molecule has 4 nitrogen and oxygen atoms in total. The Kier molecular flexibility index (Phi) is 4.99. The maximum absolute atomic E-state index is 6.03. The second kappa shape index (κ2) is 6.53. The summed E-state index contributed by atoms with van der Waals surface area (Å²) >= 11 is 0. The van der Waals surface area contributed by atoms with Crippen LogP contribution in [0.5, 0.6) is 0 Å². The van der Waals surface area contributed by atoms with Crippen molar-refractivity contribution in [1.29, 1.82) is 0 Å². The lowest BCUT2D eigenvalue weighted by atomic mass is 9.87. The average Bonchev–Trinajstić information content (AvgIpc) is 2.87. The van der Waals surface area contributed by atoms with E-state index in [1.54, 1.807) is 0 Å². The molecule has 108 valence electrons. The van der Waals surface area contributed by atoms with Crippen LogP contribution >= 0.6 is 0 Å². The number of likely N-dealkylation sites (tertiary alicyclic amines) is 1. The highest BCUT2D eigenvalue weighted by atomic mass is 15.2. The molecule has 1 aromatic rings. The molecule has 0 radical (unpaired) electrons. The molecule has 1 aliphatic heterocycles. The van der Waals surface area contributed by atoms with Crippen molar-refractivity contribution in [2.75, 3.05) is 19.6 Å². The standard InChI is InChI=1S/C15H28N4/c1-4-7-18-8-5-6-13(9-16)15(18)14-10-17-11-19(14)12(2)3/h10-13,15H,4-9,16H2,1-3H3. The van der Waals surface area contributed by atoms with E-state index in [1.165, 1.54) is 31.5 Å². The van der Waals surface area contributed by atoms with E-state index in [0.717, 1.165) is 13.1 Å². The van der Waals surface area contributed by atoms with Crippen LogP contribution < -0.4 is 5.73 Å². The molecule has 0 aromatic carbocycles. The van der Waals surface area contributed by atoms with Crippen molar-refractivity contribution in [3.05, 3.63) is 18.2 Å². The normalized spacial score (nSPS) is 25.1. The Balaban J connectivity index is 2.31. The third-order valence-electron chi connectivity index (χ3n) is 4.23. The first-order chi connectivity index (χ1) is 9.19. The van der Waals surface area contributed by atoms with Crippen LogP contribution in [0.4, 0.5) is 0 Å². The lowest BCUT2D eigenvalue weighted by molar-refractivity contribution is 0.0895. The molecule has 0 spiro atoms. The molecule has 0 bridgehead atoms. The van der Waals surface area contributed by atoms with Crippen LogP contribution in [0.25, 0.3) is 0 Å². The molecule has 0 saturated carbocycles. The van der Waals surface area contributed by atoms with Crippen molar-refractivity contribution >= 4 is 0 Å². The number of nitrogens with two attached hydrogens (primary N) is 1. The second-order valence-corrected chi connectivity index (χ2v) is 5.94. The van der Waals surface area contributed by atoms with Gasteiger partial charge in [-0.1, -0.05) is 6.92 Å². The second-order valence-electron chi connectivity index (χ2n) is 5.94. The summed E-state index contributed by atoms with van der Waals surface area (Å²) in [4.78, 5) is 6.99. The van der Waals surface area contributed by atoms with Gasteiger partial charge in [0.2, 0.25) is 0 Å². The molecule has 2 N–H and O–H groups in total. The van der Waals surface area contributed by atoms with Crippen molar-refractivity contribution in [2.45, 2.75) is 52.1 Å². The summed E-state index contributed by atoms with van der Waals surface area (Å²) in [6.07, 6.45) is 7.72. The molecule has 1 saturated heterocycles. The maximum Gasteiger partial charge on any atom is 0.0951 e. The Morgan fingerprint density at radius 2 is 2.26 bits per heavy atom.